The van der Waals surface area contributed by atoms with Gasteiger partial charge < -0.3 is 20.3 Å². The highest BCUT2D eigenvalue weighted by Gasteiger charge is 2.23. The number of carbonyl (C=O) groups excluding carboxylic acids is 2. The van der Waals surface area contributed by atoms with Crippen molar-refractivity contribution in [3.63, 3.8) is 0 Å². The third kappa shape index (κ3) is 38.9. The van der Waals surface area contributed by atoms with E-state index in [1.54, 1.807) is 0 Å². The van der Waals surface area contributed by atoms with E-state index in [4.69, 9.17) is 4.74 Å². The van der Waals surface area contributed by atoms with Crippen molar-refractivity contribution >= 4 is 11.9 Å². The fourth-order valence-electron chi connectivity index (χ4n) is 5.96. The lowest BCUT2D eigenvalue weighted by atomic mass is 10.0. The second-order valence-corrected chi connectivity index (χ2v) is 14.6. The molecule has 1 amide bonds. The van der Waals surface area contributed by atoms with Crippen LogP contribution in [0, 0.1) is 0 Å². The Labute approximate surface area is 349 Å². The molecule has 0 heterocycles. The predicted molar refractivity (Wildman–Crippen MR) is 245 cm³/mol. The lowest BCUT2D eigenvalue weighted by Gasteiger charge is -2.24. The molecule has 0 fully saturated rings. The molecule has 0 aromatic carbocycles. The van der Waals surface area contributed by atoms with Gasteiger partial charge in [0.1, 0.15) is 6.10 Å². The Morgan fingerprint density at radius 1 is 0.526 bits per heavy atom. The van der Waals surface area contributed by atoms with Crippen LogP contribution >= 0.6 is 0 Å². The van der Waals surface area contributed by atoms with Crippen LogP contribution in [-0.2, 0) is 14.3 Å². The van der Waals surface area contributed by atoms with E-state index in [2.05, 4.69) is 44.3 Å². The standard InChI is InChI=1S/C51H81NO5/c1-4-7-10-13-16-19-22-25-27-30-33-36-39-42-47(57-51(56)44-41-38-35-32-29-26-23-20-17-14-11-8-5-2)45-50(55)52-48(46-53)49(54)43-40-37-34-31-28-24-21-18-15-12-9-6-3/h7-8,10-11,13-14,16-17,19-20,22-23,25-27,29-30,32-33,35,47-49,53-54H,4-6,9,12,15,18,21,24,28,31,34,36-46H2,1-3H3,(H,52,55)/b10-7+,11-8+,16-13+,17-14+,22-19-,23-20-,27-25-,29-26-,33-30+,35-32+. The molecule has 57 heavy (non-hydrogen) atoms. The third-order valence-corrected chi connectivity index (χ3v) is 9.29. The molecule has 0 saturated carbocycles. The zero-order chi connectivity index (χ0) is 41.7. The number of aliphatic hydroxyl groups excluding tert-OH is 2. The van der Waals surface area contributed by atoms with Crippen LogP contribution in [0.1, 0.15) is 162 Å². The topological polar surface area (TPSA) is 95.9 Å². The Kier molecular flexibility index (Phi) is 40.5. The van der Waals surface area contributed by atoms with Crippen molar-refractivity contribution < 1.29 is 24.5 Å². The minimum Gasteiger partial charge on any atom is -0.462 e. The van der Waals surface area contributed by atoms with Crippen LogP contribution in [0.15, 0.2) is 122 Å². The first kappa shape index (κ1) is 53.3. The summed E-state index contributed by atoms with van der Waals surface area (Å²) in [5.74, 6) is -0.652. The van der Waals surface area contributed by atoms with Crippen molar-refractivity contribution in [3.05, 3.63) is 122 Å². The van der Waals surface area contributed by atoms with E-state index in [0.717, 1.165) is 51.4 Å². The van der Waals surface area contributed by atoms with Gasteiger partial charge in [-0.25, -0.2) is 0 Å². The molecule has 0 spiro atoms. The monoisotopic (exact) mass is 788 g/mol. The van der Waals surface area contributed by atoms with Crippen LogP contribution in [0.2, 0.25) is 0 Å². The third-order valence-electron chi connectivity index (χ3n) is 9.29. The summed E-state index contributed by atoms with van der Waals surface area (Å²) in [7, 11) is 0. The van der Waals surface area contributed by atoms with Crippen LogP contribution in [0.4, 0.5) is 0 Å². The number of unbranched alkanes of at least 4 members (excludes halogenated alkanes) is 13. The van der Waals surface area contributed by atoms with Gasteiger partial charge in [-0.1, -0.05) is 219 Å². The molecular weight excluding hydrogens is 707 g/mol. The smallest absolute Gasteiger partial charge is 0.306 e. The molecule has 0 aromatic rings. The molecule has 0 rings (SSSR count). The van der Waals surface area contributed by atoms with Crippen molar-refractivity contribution in [1.82, 2.24) is 5.32 Å². The van der Waals surface area contributed by atoms with Crippen molar-refractivity contribution in [1.29, 1.82) is 0 Å². The number of hydrogen-bond acceptors (Lipinski definition) is 5. The van der Waals surface area contributed by atoms with Crippen LogP contribution in [0.25, 0.3) is 0 Å². The first-order valence-corrected chi connectivity index (χ1v) is 22.4. The summed E-state index contributed by atoms with van der Waals surface area (Å²) in [6.07, 6.45) is 59.8. The largest absolute Gasteiger partial charge is 0.462 e. The zero-order valence-electron chi connectivity index (χ0n) is 36.2. The fourth-order valence-corrected chi connectivity index (χ4v) is 5.96. The zero-order valence-corrected chi connectivity index (χ0v) is 36.2. The number of carbonyl (C=O) groups is 2. The highest BCUT2D eigenvalue weighted by atomic mass is 16.5. The average molecular weight is 788 g/mol. The number of rotatable bonds is 37. The van der Waals surface area contributed by atoms with Gasteiger partial charge in [0, 0.05) is 6.42 Å². The van der Waals surface area contributed by atoms with Crippen molar-refractivity contribution in [2.75, 3.05) is 6.61 Å². The minimum atomic E-state index is -0.825. The summed E-state index contributed by atoms with van der Waals surface area (Å²) in [6, 6.07) is -0.746. The van der Waals surface area contributed by atoms with E-state index in [-0.39, 0.29) is 31.3 Å². The van der Waals surface area contributed by atoms with Crippen molar-refractivity contribution in [3.8, 4) is 0 Å². The average Bonchev–Trinajstić information content (AvgIpc) is 3.20. The number of allylic oxidation sites excluding steroid dienone is 20. The van der Waals surface area contributed by atoms with Gasteiger partial charge >= 0.3 is 5.97 Å². The van der Waals surface area contributed by atoms with Crippen LogP contribution < -0.4 is 5.32 Å². The normalized spacial score (nSPS) is 14.5. The number of hydrogen-bond donors (Lipinski definition) is 3. The van der Waals surface area contributed by atoms with Gasteiger partial charge in [0.15, 0.2) is 0 Å². The molecule has 0 aromatic heterocycles. The molecule has 0 saturated heterocycles. The molecule has 3 N–H and O–H groups in total. The predicted octanol–water partition coefficient (Wildman–Crippen LogP) is 12.9. The first-order chi connectivity index (χ1) is 28.0. The number of amides is 1. The maximum absolute atomic E-state index is 13.1. The van der Waals surface area contributed by atoms with Gasteiger partial charge in [-0.15, -0.1) is 0 Å². The second-order valence-electron chi connectivity index (χ2n) is 14.6. The van der Waals surface area contributed by atoms with E-state index in [1.807, 2.05) is 103 Å². The van der Waals surface area contributed by atoms with E-state index in [9.17, 15) is 19.8 Å². The van der Waals surface area contributed by atoms with Crippen molar-refractivity contribution in [2.45, 2.75) is 180 Å². The van der Waals surface area contributed by atoms with E-state index in [0.29, 0.717) is 19.3 Å². The van der Waals surface area contributed by atoms with Gasteiger partial charge in [-0.05, 0) is 51.4 Å². The molecular formula is C51H81NO5. The summed E-state index contributed by atoms with van der Waals surface area (Å²) >= 11 is 0. The summed E-state index contributed by atoms with van der Waals surface area (Å²) < 4.78 is 5.82. The van der Waals surface area contributed by atoms with E-state index in [1.165, 1.54) is 57.8 Å². The molecule has 6 heteroatoms. The number of esters is 1. The number of ether oxygens (including phenoxy) is 1. The van der Waals surface area contributed by atoms with Crippen LogP contribution in [-0.4, -0.2) is 46.9 Å². The van der Waals surface area contributed by atoms with Gasteiger partial charge in [0.25, 0.3) is 0 Å². The Hall–Kier alpha value is -3.74. The molecule has 3 unspecified atom stereocenters. The lowest BCUT2D eigenvalue weighted by Crippen LogP contribution is -2.46. The van der Waals surface area contributed by atoms with Crippen LogP contribution in [0.3, 0.4) is 0 Å². The maximum Gasteiger partial charge on any atom is 0.306 e. The molecule has 0 aliphatic carbocycles. The lowest BCUT2D eigenvalue weighted by molar-refractivity contribution is -0.151. The second kappa shape index (κ2) is 43.4. The molecule has 3 atom stereocenters. The number of nitrogens with one attached hydrogen (secondary N) is 1. The maximum atomic E-state index is 13.1. The highest BCUT2D eigenvalue weighted by Crippen LogP contribution is 2.16. The SMILES string of the molecule is CC/C=C/C=C/C=C\C=C/C=C/CCCC(=O)OC(CCC/C=C/C=C\C=C/C=C/C=C/CC)CC(=O)NC(CO)C(O)CCCCCCCCCCCCCC. The molecule has 0 aliphatic heterocycles. The Balaban J connectivity index is 4.88. The summed E-state index contributed by atoms with van der Waals surface area (Å²) in [5, 5.41) is 23.6. The summed E-state index contributed by atoms with van der Waals surface area (Å²) in [6.45, 7) is 6.12. The molecule has 0 aliphatic rings. The molecule has 0 radical (unpaired) electrons. The Morgan fingerprint density at radius 3 is 1.40 bits per heavy atom. The summed E-state index contributed by atoms with van der Waals surface area (Å²) in [5.41, 5.74) is 0. The number of aliphatic hydroxyl groups is 2. The highest BCUT2D eigenvalue weighted by molar-refractivity contribution is 5.77. The Bertz CT molecular complexity index is 1250. The molecule has 0 bridgehead atoms. The van der Waals surface area contributed by atoms with E-state index < -0.39 is 18.2 Å². The van der Waals surface area contributed by atoms with Gasteiger partial charge in [0.05, 0.1) is 25.2 Å². The van der Waals surface area contributed by atoms with Gasteiger partial charge in [0.2, 0.25) is 5.91 Å². The summed E-state index contributed by atoms with van der Waals surface area (Å²) in [4.78, 5) is 25.9. The molecule has 6 nitrogen and oxygen atoms in total. The van der Waals surface area contributed by atoms with Gasteiger partial charge in [-0.3, -0.25) is 9.59 Å². The molecule has 320 valence electrons. The van der Waals surface area contributed by atoms with Crippen molar-refractivity contribution in [2.24, 2.45) is 0 Å². The first-order valence-electron chi connectivity index (χ1n) is 22.4. The fraction of sp³-hybridized carbons (Fsp3) is 0.569. The van der Waals surface area contributed by atoms with Gasteiger partial charge in [-0.2, -0.15) is 0 Å². The quantitative estimate of drug-likeness (QED) is 0.0331. The van der Waals surface area contributed by atoms with Crippen LogP contribution in [0.5, 0.6) is 0 Å². The Morgan fingerprint density at radius 2 is 0.947 bits per heavy atom. The minimum absolute atomic E-state index is 0.00870. The van der Waals surface area contributed by atoms with E-state index >= 15 is 0 Å².